The Balaban J connectivity index is 1.37. The van der Waals surface area contributed by atoms with Crippen LogP contribution in [0.2, 0.25) is 5.02 Å². The van der Waals surface area contributed by atoms with Gasteiger partial charge in [0.2, 0.25) is 29.5 Å². The molecule has 0 unspecified atom stereocenters. The Kier molecular flexibility index (Phi) is 17.2. The number of hydrogen-bond donors (Lipinski definition) is 10. The highest BCUT2D eigenvalue weighted by Gasteiger charge is 2.35. The zero-order valence-electron chi connectivity index (χ0n) is 34.0. The summed E-state index contributed by atoms with van der Waals surface area (Å²) in [4.78, 5) is 84.8. The molecule has 1 aromatic heterocycles. The second-order valence-electron chi connectivity index (χ2n) is 15.3. The number of aliphatic hydroxyl groups excluding tert-OH is 1. The summed E-state index contributed by atoms with van der Waals surface area (Å²) in [5.74, 6) is -4.79. The van der Waals surface area contributed by atoms with Gasteiger partial charge in [0.05, 0.1) is 12.1 Å². The van der Waals surface area contributed by atoms with Crippen LogP contribution in [0.1, 0.15) is 55.7 Å². The number of aromatic nitrogens is 1. The number of carbonyl (C=O) groups is 6. The van der Waals surface area contributed by atoms with E-state index >= 15 is 0 Å². The van der Waals surface area contributed by atoms with Gasteiger partial charge in [0.25, 0.3) is 0 Å². The van der Waals surface area contributed by atoms with Gasteiger partial charge in [0.15, 0.2) is 0 Å². The maximum atomic E-state index is 14.4. The van der Waals surface area contributed by atoms with Crippen LogP contribution < -0.4 is 37.6 Å². The number of hydrogen-bond acceptors (Lipinski definition) is 9. The molecule has 326 valence electrons. The summed E-state index contributed by atoms with van der Waals surface area (Å²) in [6, 6.07) is 16.0. The predicted molar refractivity (Wildman–Crippen MR) is 230 cm³/mol. The minimum absolute atomic E-state index is 0.00217. The van der Waals surface area contributed by atoms with E-state index in [-0.39, 0.29) is 31.6 Å². The Hall–Kier alpha value is -5.81. The van der Waals surface area contributed by atoms with Gasteiger partial charge in [-0.1, -0.05) is 72.3 Å². The van der Waals surface area contributed by atoms with Crippen molar-refractivity contribution < 1.29 is 39.0 Å². The second-order valence-corrected chi connectivity index (χ2v) is 15.8. The number of H-pyrrole nitrogens is 1. The van der Waals surface area contributed by atoms with Crippen molar-refractivity contribution in [3.05, 3.63) is 107 Å². The zero-order valence-corrected chi connectivity index (χ0v) is 34.8. The molecule has 1 fully saturated rings. The average Bonchev–Trinajstić information content (AvgIpc) is 3.94. The number of nitrogens with two attached hydrogens (primary N) is 1. The molecule has 5 rings (SSSR count). The van der Waals surface area contributed by atoms with Gasteiger partial charge < -0.3 is 52.8 Å². The number of halogens is 1. The fourth-order valence-electron chi connectivity index (χ4n) is 7.25. The molecule has 0 spiro atoms. The highest BCUT2D eigenvalue weighted by atomic mass is 35.5. The molecule has 0 saturated carbocycles. The van der Waals surface area contributed by atoms with E-state index in [9.17, 15) is 39.0 Å². The van der Waals surface area contributed by atoms with Crippen LogP contribution in [-0.4, -0.2) is 106 Å². The van der Waals surface area contributed by atoms with Gasteiger partial charge in [-0.2, -0.15) is 0 Å². The van der Waals surface area contributed by atoms with Gasteiger partial charge in [0.1, 0.15) is 30.2 Å². The van der Waals surface area contributed by atoms with E-state index in [0.717, 1.165) is 22.9 Å². The number of fused-ring (bicyclic) bond motifs is 1. The molecule has 16 nitrogen and oxygen atoms in total. The number of benzene rings is 3. The molecular weight excluding hydrogens is 804 g/mol. The number of aliphatic carboxylic acids is 1. The first-order valence-electron chi connectivity index (χ1n) is 20.5. The van der Waals surface area contributed by atoms with Crippen LogP contribution in [-0.2, 0) is 48.0 Å². The predicted octanol–water partition coefficient (Wildman–Crippen LogP) is 1.62. The summed E-state index contributed by atoms with van der Waals surface area (Å²) >= 11 is 5.96. The molecule has 0 radical (unpaired) electrons. The van der Waals surface area contributed by atoms with E-state index in [2.05, 4.69) is 36.9 Å². The number of unbranched alkanes of at least 4 members (excludes halogenated alkanes) is 1. The largest absolute Gasteiger partial charge is 0.480 e. The number of carbonyl (C=O) groups excluding carboxylic acids is 5. The lowest BCUT2D eigenvalue weighted by Crippen LogP contribution is -2.61. The quantitative estimate of drug-likeness (QED) is 0.0511. The molecule has 5 amide bonds. The number of carboxylic acid groups (broad SMARTS) is 1. The third-order valence-electron chi connectivity index (χ3n) is 10.6. The number of aromatic amines is 1. The molecule has 0 aliphatic carbocycles. The molecule has 1 saturated heterocycles. The van der Waals surface area contributed by atoms with E-state index in [0.29, 0.717) is 48.5 Å². The minimum atomic E-state index is -1.60. The minimum Gasteiger partial charge on any atom is -0.480 e. The summed E-state index contributed by atoms with van der Waals surface area (Å²) in [7, 11) is 0. The number of para-hydroxylation sites is 1. The summed E-state index contributed by atoms with van der Waals surface area (Å²) in [5, 5.41) is 38.4. The first-order valence-corrected chi connectivity index (χ1v) is 20.9. The smallest absolute Gasteiger partial charge is 0.326 e. The third kappa shape index (κ3) is 13.6. The average molecular weight is 859 g/mol. The number of rotatable bonds is 22. The Morgan fingerprint density at radius 3 is 2.00 bits per heavy atom. The molecule has 11 N–H and O–H groups in total. The van der Waals surface area contributed by atoms with E-state index in [4.69, 9.17) is 17.3 Å². The molecule has 1 aliphatic heterocycles. The summed E-state index contributed by atoms with van der Waals surface area (Å²) in [6.07, 6.45) is 2.70. The Labute approximate surface area is 359 Å². The first-order chi connectivity index (χ1) is 29.3. The normalized spacial score (nSPS) is 16.6. The lowest BCUT2D eigenvalue weighted by molar-refractivity contribution is -0.143. The van der Waals surface area contributed by atoms with Crippen molar-refractivity contribution in [3.8, 4) is 0 Å². The topological polar surface area (TPSA) is 257 Å². The maximum Gasteiger partial charge on any atom is 0.326 e. The summed E-state index contributed by atoms with van der Waals surface area (Å²) in [6.45, 7) is 2.24. The van der Waals surface area contributed by atoms with E-state index < -0.39 is 72.0 Å². The van der Waals surface area contributed by atoms with Crippen LogP contribution in [0.3, 0.4) is 0 Å². The molecule has 7 atom stereocenters. The van der Waals surface area contributed by atoms with Crippen molar-refractivity contribution in [2.75, 3.05) is 13.1 Å². The van der Waals surface area contributed by atoms with E-state index in [1.807, 2.05) is 54.6 Å². The van der Waals surface area contributed by atoms with E-state index in [1.165, 1.54) is 6.92 Å². The van der Waals surface area contributed by atoms with Crippen LogP contribution in [0.5, 0.6) is 0 Å². The number of aliphatic hydroxyl groups is 1. The van der Waals surface area contributed by atoms with Crippen molar-refractivity contribution in [3.63, 3.8) is 0 Å². The number of nitrogens with one attached hydrogen (secondary N) is 7. The molecule has 4 aromatic rings. The standard InChI is InChI=1S/C44H55ClN8O8/c1-26(54)38(43(59)52-37(44(60)61)23-28-16-18-30(45)19-17-28)53-40(56)34(14-7-8-20-46)49-42(58)36(24-29-25-48-32-13-6-5-12-31(29)32)51-41(57)35(22-27-10-3-2-4-11-27)50-39(55)33-15-9-21-47-33/h2-6,10-13,16-19,25-26,33-38,47-48,54H,7-9,14-15,20-24,46H2,1H3,(H,49,58)(H,50,55)(H,51,57)(H,52,59)(H,53,56)(H,60,61)/t26-,33+,34+,35+,36-,37+,38+/m1/s1. The van der Waals surface area contributed by atoms with Gasteiger partial charge in [0, 0.05) is 41.4 Å². The SMILES string of the molecule is C[C@@H](O)[C@H](NC(=O)[C@H](CCCCN)NC(=O)[C@@H](Cc1c[nH]c2ccccc12)NC(=O)[C@H](Cc1ccccc1)NC(=O)[C@@H]1CCCN1)C(=O)N[C@@H](Cc1ccc(Cl)cc1)C(=O)O. The van der Waals surface area contributed by atoms with Crippen LogP contribution in [0, 0.1) is 0 Å². The highest BCUT2D eigenvalue weighted by molar-refractivity contribution is 6.30. The molecule has 1 aliphatic rings. The first kappa shape index (κ1) is 46.3. The fourth-order valence-corrected chi connectivity index (χ4v) is 7.38. The van der Waals surface area contributed by atoms with Crippen molar-refractivity contribution >= 4 is 58.0 Å². The zero-order chi connectivity index (χ0) is 43.9. The molecule has 0 bridgehead atoms. The Bertz CT molecular complexity index is 2110. The number of carboxylic acids is 1. The molecule has 2 heterocycles. The summed E-state index contributed by atoms with van der Waals surface area (Å²) < 4.78 is 0. The fraction of sp³-hybridized carbons (Fsp3) is 0.409. The van der Waals surface area contributed by atoms with Crippen LogP contribution in [0.4, 0.5) is 0 Å². The lowest BCUT2D eigenvalue weighted by atomic mass is 10.0. The maximum absolute atomic E-state index is 14.4. The molecular formula is C44H55ClN8O8. The van der Waals surface area contributed by atoms with Crippen molar-refractivity contribution in [2.45, 2.75) is 101 Å². The number of amides is 5. The van der Waals surface area contributed by atoms with Crippen molar-refractivity contribution in [1.29, 1.82) is 0 Å². The van der Waals surface area contributed by atoms with Crippen molar-refractivity contribution in [1.82, 2.24) is 36.9 Å². The van der Waals surface area contributed by atoms with Crippen LogP contribution in [0.15, 0.2) is 85.1 Å². The Morgan fingerprint density at radius 2 is 1.34 bits per heavy atom. The van der Waals surface area contributed by atoms with Gasteiger partial charge in [-0.05, 0) is 87.0 Å². The summed E-state index contributed by atoms with van der Waals surface area (Å²) in [5.41, 5.74) is 8.63. The van der Waals surface area contributed by atoms with Gasteiger partial charge in [-0.25, -0.2) is 4.79 Å². The van der Waals surface area contributed by atoms with Gasteiger partial charge in [-0.3, -0.25) is 24.0 Å². The van der Waals surface area contributed by atoms with Crippen molar-refractivity contribution in [2.24, 2.45) is 5.73 Å². The molecule has 61 heavy (non-hydrogen) atoms. The van der Waals surface area contributed by atoms with Crippen LogP contribution in [0.25, 0.3) is 10.9 Å². The molecule has 3 aromatic carbocycles. The lowest BCUT2D eigenvalue weighted by Gasteiger charge is -2.28. The van der Waals surface area contributed by atoms with Gasteiger partial charge in [-0.15, -0.1) is 0 Å². The monoisotopic (exact) mass is 858 g/mol. The van der Waals surface area contributed by atoms with Gasteiger partial charge >= 0.3 is 5.97 Å². The highest BCUT2D eigenvalue weighted by Crippen LogP contribution is 2.20. The molecule has 17 heteroatoms. The Morgan fingerprint density at radius 1 is 0.738 bits per heavy atom. The van der Waals surface area contributed by atoms with E-state index in [1.54, 1.807) is 30.5 Å². The second kappa shape index (κ2) is 22.7. The third-order valence-corrected chi connectivity index (χ3v) is 10.9. The van der Waals surface area contributed by atoms with Crippen LogP contribution >= 0.6 is 11.6 Å².